The molecule has 1 aromatic carbocycles. The highest BCUT2D eigenvalue weighted by Gasteiger charge is 2.22. The van der Waals surface area contributed by atoms with Gasteiger partial charge in [-0.15, -0.1) is 0 Å². The number of benzene rings is 1. The third-order valence-corrected chi connectivity index (χ3v) is 4.14. The van der Waals surface area contributed by atoms with E-state index in [0.29, 0.717) is 6.42 Å². The molecule has 1 amide bonds. The lowest BCUT2D eigenvalue weighted by Gasteiger charge is -2.19. The summed E-state index contributed by atoms with van der Waals surface area (Å²) in [6.45, 7) is 1.98. The minimum atomic E-state index is -0.160. The van der Waals surface area contributed by atoms with Crippen molar-refractivity contribution in [3.8, 4) is 5.69 Å². The number of carbonyl (C=O) groups is 1. The number of hydrazone groups is 1. The van der Waals surface area contributed by atoms with E-state index < -0.39 is 0 Å². The van der Waals surface area contributed by atoms with Crippen LogP contribution in [-0.4, -0.2) is 26.2 Å². The Kier molecular flexibility index (Phi) is 3.26. The molecule has 2 aromatic heterocycles. The molecule has 0 saturated carbocycles. The van der Waals surface area contributed by atoms with Gasteiger partial charge >= 0.3 is 0 Å². The summed E-state index contributed by atoms with van der Waals surface area (Å²) in [5.74, 6) is -0.00290. The van der Waals surface area contributed by atoms with Gasteiger partial charge in [0.2, 0.25) is 11.5 Å². The van der Waals surface area contributed by atoms with Gasteiger partial charge in [0, 0.05) is 30.2 Å². The third kappa shape index (κ3) is 2.40. The first-order valence-electron chi connectivity index (χ1n) is 7.65. The molecule has 24 heavy (non-hydrogen) atoms. The zero-order valence-corrected chi connectivity index (χ0v) is 13.0. The first-order valence-corrected chi connectivity index (χ1v) is 7.65. The smallest absolute Gasteiger partial charge is 0.250 e. The molecule has 1 aliphatic heterocycles. The number of hydrogen-bond donors (Lipinski definition) is 2. The van der Waals surface area contributed by atoms with Crippen LogP contribution in [-0.2, 0) is 4.79 Å². The molecule has 3 aromatic rings. The fourth-order valence-corrected chi connectivity index (χ4v) is 2.96. The van der Waals surface area contributed by atoms with Gasteiger partial charge in [-0.25, -0.2) is 10.4 Å². The molecule has 0 radical (unpaired) electrons. The van der Waals surface area contributed by atoms with E-state index in [4.69, 9.17) is 0 Å². The van der Waals surface area contributed by atoms with Crippen LogP contribution in [0, 0.1) is 5.92 Å². The van der Waals surface area contributed by atoms with E-state index in [1.165, 1.54) is 6.07 Å². The van der Waals surface area contributed by atoms with Crippen LogP contribution in [0.2, 0.25) is 0 Å². The summed E-state index contributed by atoms with van der Waals surface area (Å²) < 4.78 is 1.86. The van der Waals surface area contributed by atoms with Crippen molar-refractivity contribution in [3.05, 3.63) is 58.8 Å². The predicted molar refractivity (Wildman–Crippen MR) is 90.2 cm³/mol. The second kappa shape index (κ2) is 5.45. The quantitative estimate of drug-likeness (QED) is 0.750. The van der Waals surface area contributed by atoms with Crippen molar-refractivity contribution < 1.29 is 4.79 Å². The number of nitrogens with zero attached hydrogens (tertiary/aromatic N) is 3. The summed E-state index contributed by atoms with van der Waals surface area (Å²) in [6, 6.07) is 9.20. The Morgan fingerprint density at radius 2 is 2.08 bits per heavy atom. The van der Waals surface area contributed by atoms with Gasteiger partial charge in [0.15, 0.2) is 0 Å². The molecule has 0 spiro atoms. The lowest BCUT2D eigenvalue weighted by molar-refractivity contribution is -0.121. The average Bonchev–Trinajstić information content (AvgIpc) is 2.98. The first kappa shape index (κ1) is 14.4. The van der Waals surface area contributed by atoms with Gasteiger partial charge in [0.1, 0.15) is 6.33 Å². The molecule has 1 atom stereocenters. The summed E-state index contributed by atoms with van der Waals surface area (Å²) in [7, 11) is 0. The minimum Gasteiger partial charge on any atom is -0.329 e. The maximum atomic E-state index is 11.5. The normalized spacial score (nSPS) is 17.6. The molecular weight excluding hydrogens is 306 g/mol. The number of carbonyl (C=O) groups excluding carboxylic acids is 1. The van der Waals surface area contributed by atoms with Crippen LogP contribution < -0.4 is 11.0 Å². The number of nitrogens with one attached hydrogen (secondary N) is 2. The fraction of sp³-hybridized carbons (Fsp3) is 0.176. The monoisotopic (exact) mass is 321 g/mol. The summed E-state index contributed by atoms with van der Waals surface area (Å²) in [5.41, 5.74) is 6.62. The molecule has 1 aliphatic rings. The highest BCUT2D eigenvalue weighted by molar-refractivity contribution is 6.07. The lowest BCUT2D eigenvalue weighted by Crippen LogP contribution is -2.31. The Bertz CT molecular complexity index is 1030. The molecule has 120 valence electrons. The largest absolute Gasteiger partial charge is 0.329 e. The highest BCUT2D eigenvalue weighted by Crippen LogP contribution is 2.22. The van der Waals surface area contributed by atoms with Crippen molar-refractivity contribution in [2.24, 2.45) is 11.0 Å². The van der Waals surface area contributed by atoms with Crippen LogP contribution in [0.1, 0.15) is 18.9 Å². The number of H-pyrrole nitrogens is 1. The molecule has 2 N–H and O–H groups in total. The van der Waals surface area contributed by atoms with Crippen molar-refractivity contribution in [1.82, 2.24) is 20.0 Å². The van der Waals surface area contributed by atoms with Crippen LogP contribution in [0.3, 0.4) is 0 Å². The van der Waals surface area contributed by atoms with Gasteiger partial charge in [0.25, 0.3) is 0 Å². The van der Waals surface area contributed by atoms with E-state index in [2.05, 4.69) is 20.5 Å². The van der Waals surface area contributed by atoms with E-state index in [-0.39, 0.29) is 17.4 Å². The molecule has 7 heteroatoms. The number of rotatable bonds is 2. The van der Waals surface area contributed by atoms with Gasteiger partial charge in [-0.3, -0.25) is 14.2 Å². The van der Waals surface area contributed by atoms with Crippen molar-refractivity contribution in [1.29, 1.82) is 0 Å². The fourth-order valence-electron chi connectivity index (χ4n) is 2.96. The standard InChI is InChI=1S/C17H15N5O2/c1-10-6-16(24)20-21-17(10)11-2-3-14-13(7-11)19-9-22(14)12-4-5-18-15(23)8-12/h2-5,7-10H,6H2,1H3,(H,18,23)(H,20,24). The van der Waals surface area contributed by atoms with E-state index in [9.17, 15) is 9.59 Å². The zero-order chi connectivity index (χ0) is 16.7. The number of fused-ring (bicyclic) bond motifs is 1. The van der Waals surface area contributed by atoms with Gasteiger partial charge in [0.05, 0.1) is 22.4 Å². The van der Waals surface area contributed by atoms with Gasteiger partial charge in [-0.1, -0.05) is 13.0 Å². The molecule has 0 bridgehead atoms. The van der Waals surface area contributed by atoms with Crippen LogP contribution in [0.5, 0.6) is 0 Å². The Hall–Kier alpha value is -3.22. The Balaban J connectivity index is 1.79. The lowest BCUT2D eigenvalue weighted by atomic mass is 9.94. The second-order valence-electron chi connectivity index (χ2n) is 5.87. The molecule has 1 unspecified atom stereocenters. The predicted octanol–water partition coefficient (Wildman–Crippen LogP) is 1.57. The van der Waals surface area contributed by atoms with Gasteiger partial charge < -0.3 is 4.98 Å². The zero-order valence-electron chi connectivity index (χ0n) is 13.0. The third-order valence-electron chi connectivity index (χ3n) is 4.14. The topological polar surface area (TPSA) is 92.1 Å². The molecule has 3 heterocycles. The number of aromatic amines is 1. The van der Waals surface area contributed by atoms with Crippen molar-refractivity contribution >= 4 is 22.7 Å². The maximum absolute atomic E-state index is 11.5. The molecule has 7 nitrogen and oxygen atoms in total. The summed E-state index contributed by atoms with van der Waals surface area (Å²) in [5, 5.41) is 4.18. The maximum Gasteiger partial charge on any atom is 0.250 e. The number of amides is 1. The van der Waals surface area contributed by atoms with E-state index >= 15 is 0 Å². The molecular formula is C17H15N5O2. The van der Waals surface area contributed by atoms with Crippen LogP contribution in [0.4, 0.5) is 0 Å². The summed E-state index contributed by atoms with van der Waals surface area (Å²) in [6.07, 6.45) is 3.73. The average molecular weight is 321 g/mol. The van der Waals surface area contributed by atoms with Gasteiger partial charge in [-0.2, -0.15) is 5.10 Å². The van der Waals surface area contributed by atoms with Crippen LogP contribution in [0.25, 0.3) is 16.7 Å². The van der Waals surface area contributed by atoms with E-state index in [1.807, 2.05) is 35.8 Å². The molecule has 0 aliphatic carbocycles. The summed E-state index contributed by atoms with van der Waals surface area (Å²) in [4.78, 5) is 29.9. The van der Waals surface area contributed by atoms with E-state index in [0.717, 1.165) is 28.0 Å². The van der Waals surface area contributed by atoms with Crippen molar-refractivity contribution in [2.75, 3.05) is 0 Å². The number of hydrogen-bond acceptors (Lipinski definition) is 4. The number of aromatic nitrogens is 3. The highest BCUT2D eigenvalue weighted by atomic mass is 16.2. The van der Waals surface area contributed by atoms with Crippen molar-refractivity contribution in [2.45, 2.75) is 13.3 Å². The van der Waals surface area contributed by atoms with Crippen LogP contribution >= 0.6 is 0 Å². The molecule has 4 rings (SSSR count). The molecule has 0 saturated heterocycles. The summed E-state index contributed by atoms with van der Waals surface area (Å²) >= 11 is 0. The second-order valence-corrected chi connectivity index (χ2v) is 5.87. The van der Waals surface area contributed by atoms with E-state index in [1.54, 1.807) is 12.5 Å². The number of pyridine rings is 1. The van der Waals surface area contributed by atoms with Crippen LogP contribution in [0.15, 0.2) is 52.8 Å². The minimum absolute atomic E-state index is 0.0611. The van der Waals surface area contributed by atoms with Crippen molar-refractivity contribution in [3.63, 3.8) is 0 Å². The Labute approximate surface area is 137 Å². The Morgan fingerprint density at radius 3 is 2.88 bits per heavy atom. The SMILES string of the molecule is CC1CC(=O)NN=C1c1ccc2c(c1)ncn2-c1cc[nH]c(=O)c1. The first-order chi connectivity index (χ1) is 11.6. The Morgan fingerprint density at radius 1 is 1.21 bits per heavy atom. The van der Waals surface area contributed by atoms with Gasteiger partial charge in [-0.05, 0) is 18.2 Å². The number of imidazole rings is 1. The molecule has 0 fully saturated rings.